The van der Waals surface area contributed by atoms with Crippen LogP contribution in [0, 0.1) is 34.0 Å². The average Bonchev–Trinajstić information content (AvgIpc) is 3.07. The standard InChI is InChI=1S/C26H27N3O2/c1-4-5-14-31-23-15-20(10-12-22(23)30-3)25-18(2)26(16-27,17-28)24-13-11-19-8-6-7-9-21(19)29(24)25/h6-13,15,18,24-25H,4-5,14H2,1-3H3. The fourth-order valence-corrected chi connectivity index (χ4v) is 4.88. The minimum Gasteiger partial charge on any atom is -0.493 e. The Labute approximate surface area is 184 Å². The summed E-state index contributed by atoms with van der Waals surface area (Å²) in [7, 11) is 1.64. The molecule has 2 aromatic carbocycles. The summed E-state index contributed by atoms with van der Waals surface area (Å²) in [6.07, 6.45) is 6.05. The molecule has 4 rings (SSSR count). The Morgan fingerprint density at radius 2 is 1.87 bits per heavy atom. The number of hydrogen-bond donors (Lipinski definition) is 0. The van der Waals surface area contributed by atoms with Gasteiger partial charge in [0.15, 0.2) is 16.9 Å². The highest BCUT2D eigenvalue weighted by molar-refractivity contribution is 5.75. The quantitative estimate of drug-likeness (QED) is 0.585. The molecule has 0 N–H and O–H groups in total. The first kappa shape index (κ1) is 20.8. The third kappa shape index (κ3) is 3.22. The van der Waals surface area contributed by atoms with Gasteiger partial charge in [0, 0.05) is 11.6 Å². The number of para-hydroxylation sites is 1. The van der Waals surface area contributed by atoms with E-state index in [1.807, 2.05) is 49.4 Å². The number of rotatable bonds is 6. The highest BCUT2D eigenvalue weighted by Crippen LogP contribution is 2.56. The summed E-state index contributed by atoms with van der Waals surface area (Å²) in [6.45, 7) is 4.75. The van der Waals surface area contributed by atoms with Crippen molar-refractivity contribution in [2.45, 2.75) is 38.8 Å². The van der Waals surface area contributed by atoms with E-state index in [0.717, 1.165) is 29.7 Å². The Kier molecular flexibility index (Phi) is 5.61. The van der Waals surface area contributed by atoms with Crippen molar-refractivity contribution in [3.8, 4) is 23.6 Å². The van der Waals surface area contributed by atoms with Crippen molar-refractivity contribution >= 4 is 11.8 Å². The zero-order valence-electron chi connectivity index (χ0n) is 18.2. The van der Waals surface area contributed by atoms with Crippen LogP contribution in [0.25, 0.3) is 6.08 Å². The Morgan fingerprint density at radius 3 is 2.58 bits per heavy atom. The number of anilines is 1. The SMILES string of the molecule is CCCCOc1cc(C2C(C)C(C#N)(C#N)C3C=Cc4ccccc4N23)ccc1OC. The van der Waals surface area contributed by atoms with Gasteiger partial charge in [0.1, 0.15) is 0 Å². The highest BCUT2D eigenvalue weighted by atomic mass is 16.5. The molecule has 1 fully saturated rings. The molecule has 2 heterocycles. The van der Waals surface area contributed by atoms with Gasteiger partial charge in [0.2, 0.25) is 0 Å². The molecule has 3 atom stereocenters. The summed E-state index contributed by atoms with van der Waals surface area (Å²) in [4.78, 5) is 2.24. The van der Waals surface area contributed by atoms with Crippen LogP contribution in [0.4, 0.5) is 5.69 Å². The van der Waals surface area contributed by atoms with Gasteiger partial charge in [-0.2, -0.15) is 10.5 Å². The molecule has 158 valence electrons. The van der Waals surface area contributed by atoms with E-state index in [0.29, 0.717) is 18.1 Å². The van der Waals surface area contributed by atoms with Gasteiger partial charge in [0.25, 0.3) is 0 Å². The topological polar surface area (TPSA) is 69.3 Å². The molecule has 0 saturated carbocycles. The minimum absolute atomic E-state index is 0.144. The van der Waals surface area contributed by atoms with Crippen LogP contribution in [-0.2, 0) is 0 Å². The van der Waals surface area contributed by atoms with Crippen molar-refractivity contribution in [1.29, 1.82) is 10.5 Å². The van der Waals surface area contributed by atoms with Crippen LogP contribution >= 0.6 is 0 Å². The molecule has 2 aromatic rings. The normalized spacial score (nSPS) is 22.7. The first-order valence-corrected chi connectivity index (χ1v) is 10.8. The summed E-state index contributed by atoms with van der Waals surface area (Å²) in [5.41, 5.74) is 2.01. The lowest BCUT2D eigenvalue weighted by Gasteiger charge is -2.36. The van der Waals surface area contributed by atoms with Gasteiger partial charge >= 0.3 is 0 Å². The lowest BCUT2D eigenvalue weighted by molar-refractivity contribution is 0.287. The zero-order valence-corrected chi connectivity index (χ0v) is 18.2. The van der Waals surface area contributed by atoms with Gasteiger partial charge in [-0.25, -0.2) is 0 Å². The van der Waals surface area contributed by atoms with E-state index in [1.54, 1.807) is 7.11 Å². The number of methoxy groups -OCH3 is 1. The second-order valence-corrected chi connectivity index (χ2v) is 8.21. The van der Waals surface area contributed by atoms with E-state index in [2.05, 4.69) is 36.1 Å². The first-order valence-electron chi connectivity index (χ1n) is 10.8. The predicted octanol–water partition coefficient (Wildman–Crippen LogP) is 5.50. The molecule has 1 saturated heterocycles. The minimum atomic E-state index is -1.14. The molecule has 2 aliphatic heterocycles. The number of nitriles is 2. The predicted molar refractivity (Wildman–Crippen MR) is 121 cm³/mol. The Balaban J connectivity index is 1.84. The largest absolute Gasteiger partial charge is 0.493 e. The summed E-state index contributed by atoms with van der Waals surface area (Å²) < 4.78 is 11.5. The lowest BCUT2D eigenvalue weighted by Crippen LogP contribution is -2.39. The smallest absolute Gasteiger partial charge is 0.172 e. The second-order valence-electron chi connectivity index (χ2n) is 8.21. The molecule has 0 aromatic heterocycles. The van der Waals surface area contributed by atoms with Gasteiger partial charge in [-0.3, -0.25) is 0 Å². The van der Waals surface area contributed by atoms with Crippen molar-refractivity contribution in [2.24, 2.45) is 11.3 Å². The van der Waals surface area contributed by atoms with Gasteiger partial charge in [-0.1, -0.05) is 56.7 Å². The Morgan fingerprint density at radius 1 is 1.10 bits per heavy atom. The zero-order chi connectivity index (χ0) is 22.0. The maximum Gasteiger partial charge on any atom is 0.172 e. The van der Waals surface area contributed by atoms with Crippen molar-refractivity contribution in [3.63, 3.8) is 0 Å². The molecule has 31 heavy (non-hydrogen) atoms. The molecule has 2 aliphatic rings. The monoisotopic (exact) mass is 413 g/mol. The Bertz CT molecular complexity index is 1060. The van der Waals surface area contributed by atoms with Gasteiger partial charge < -0.3 is 14.4 Å². The second kappa shape index (κ2) is 8.36. The number of benzene rings is 2. The molecule has 3 unspecified atom stereocenters. The van der Waals surface area contributed by atoms with Crippen molar-refractivity contribution in [3.05, 3.63) is 59.7 Å². The van der Waals surface area contributed by atoms with Crippen molar-refractivity contribution < 1.29 is 9.47 Å². The molecule has 5 nitrogen and oxygen atoms in total. The van der Waals surface area contributed by atoms with Crippen molar-refractivity contribution in [1.82, 2.24) is 0 Å². The van der Waals surface area contributed by atoms with E-state index in [1.165, 1.54) is 0 Å². The van der Waals surface area contributed by atoms with E-state index in [9.17, 15) is 10.5 Å². The van der Waals surface area contributed by atoms with Crippen LogP contribution in [0.5, 0.6) is 11.5 Å². The number of ether oxygens (including phenoxy) is 2. The number of nitrogens with zero attached hydrogens (tertiary/aromatic N) is 3. The van der Waals surface area contributed by atoms with E-state index in [-0.39, 0.29) is 18.0 Å². The summed E-state index contributed by atoms with van der Waals surface area (Å²) in [5.74, 6) is 1.18. The molecule has 5 heteroatoms. The highest BCUT2D eigenvalue weighted by Gasteiger charge is 2.59. The third-order valence-corrected chi connectivity index (χ3v) is 6.59. The van der Waals surface area contributed by atoms with Crippen LogP contribution < -0.4 is 14.4 Å². The van der Waals surface area contributed by atoms with Crippen LogP contribution in [0.15, 0.2) is 48.5 Å². The van der Waals surface area contributed by atoms with Crippen molar-refractivity contribution in [2.75, 3.05) is 18.6 Å². The summed E-state index contributed by atoms with van der Waals surface area (Å²) >= 11 is 0. The van der Waals surface area contributed by atoms with Gasteiger partial charge in [0.05, 0.1) is 37.9 Å². The van der Waals surface area contributed by atoms with Gasteiger partial charge in [-0.15, -0.1) is 0 Å². The number of unbranched alkanes of at least 4 members (excludes halogenated alkanes) is 1. The van der Waals surface area contributed by atoms with E-state index < -0.39 is 5.41 Å². The summed E-state index contributed by atoms with van der Waals surface area (Å²) in [5, 5.41) is 20.3. The first-order chi connectivity index (χ1) is 15.1. The average molecular weight is 414 g/mol. The maximum atomic E-state index is 10.1. The van der Waals surface area contributed by atoms with E-state index >= 15 is 0 Å². The van der Waals surface area contributed by atoms with Gasteiger partial charge in [-0.05, 0) is 35.7 Å². The molecular weight excluding hydrogens is 386 g/mol. The fourth-order valence-electron chi connectivity index (χ4n) is 4.88. The molecule has 0 aliphatic carbocycles. The molecule has 0 bridgehead atoms. The molecule has 0 amide bonds. The maximum absolute atomic E-state index is 10.1. The molecule has 0 spiro atoms. The lowest BCUT2D eigenvalue weighted by atomic mass is 9.73. The van der Waals surface area contributed by atoms with Crippen LogP contribution in [0.1, 0.15) is 43.9 Å². The number of hydrogen-bond acceptors (Lipinski definition) is 5. The fraction of sp³-hybridized carbons (Fsp3) is 0.385. The van der Waals surface area contributed by atoms with Crippen LogP contribution in [0.3, 0.4) is 0 Å². The molecular formula is C26H27N3O2. The van der Waals surface area contributed by atoms with E-state index in [4.69, 9.17) is 9.47 Å². The van der Waals surface area contributed by atoms with Crippen LogP contribution in [-0.4, -0.2) is 19.8 Å². The third-order valence-electron chi connectivity index (χ3n) is 6.59. The summed E-state index contributed by atoms with van der Waals surface area (Å²) in [6, 6.07) is 18.4. The van der Waals surface area contributed by atoms with Crippen LogP contribution in [0.2, 0.25) is 0 Å². The molecule has 0 radical (unpaired) electrons. The Hall–Kier alpha value is -3.44. The number of fused-ring (bicyclic) bond motifs is 3.